The molecule has 3 rings (SSSR count). The first-order valence-electron chi connectivity index (χ1n) is 8.62. The summed E-state index contributed by atoms with van der Waals surface area (Å²) < 4.78 is 14.1. The number of amides is 1. The van der Waals surface area contributed by atoms with Crippen molar-refractivity contribution >= 4 is 28.3 Å². The highest BCUT2D eigenvalue weighted by Crippen LogP contribution is 2.21. The molecule has 28 heavy (non-hydrogen) atoms. The maximum atomic E-state index is 14.1. The van der Waals surface area contributed by atoms with Crippen LogP contribution in [0.15, 0.2) is 47.3 Å². The number of anilines is 1. The van der Waals surface area contributed by atoms with Crippen molar-refractivity contribution in [3.05, 3.63) is 69.9 Å². The Balaban J connectivity index is 1.86. The molecule has 0 radical (unpaired) electrons. The predicted octanol–water partition coefficient (Wildman–Crippen LogP) is 2.70. The number of fused-ring (bicyclic) bond motifs is 1. The maximum absolute atomic E-state index is 14.1. The molecule has 1 aromatic heterocycles. The van der Waals surface area contributed by atoms with Crippen LogP contribution in [0.25, 0.3) is 10.8 Å². The minimum absolute atomic E-state index is 0.0338. The number of hydrogen-bond donors (Lipinski definition) is 3. The van der Waals surface area contributed by atoms with Gasteiger partial charge in [0.25, 0.3) is 5.56 Å². The number of H-pyrrole nitrogens is 1. The fourth-order valence-electron chi connectivity index (χ4n) is 2.89. The zero-order chi connectivity index (χ0) is 20.3. The number of carboxylic acid groups (broad SMARTS) is 1. The molecule has 8 heteroatoms. The van der Waals surface area contributed by atoms with Crippen LogP contribution in [0.4, 0.5) is 10.1 Å². The van der Waals surface area contributed by atoms with Crippen molar-refractivity contribution in [1.82, 2.24) is 10.2 Å². The second kappa shape index (κ2) is 7.99. The Kier molecular flexibility index (Phi) is 5.49. The van der Waals surface area contributed by atoms with E-state index in [1.165, 1.54) is 19.1 Å². The molecule has 2 aromatic carbocycles. The second-order valence-corrected chi connectivity index (χ2v) is 6.52. The molecule has 0 aliphatic carbocycles. The molecule has 1 unspecified atom stereocenters. The number of aromatic amines is 1. The van der Waals surface area contributed by atoms with Gasteiger partial charge in [-0.25, -0.2) is 9.49 Å². The number of aliphatic carboxylic acids is 1. The van der Waals surface area contributed by atoms with Gasteiger partial charge in [-0.3, -0.25) is 14.4 Å². The number of rotatable bonds is 6. The van der Waals surface area contributed by atoms with Crippen LogP contribution in [0.1, 0.15) is 24.6 Å². The fourth-order valence-corrected chi connectivity index (χ4v) is 2.89. The Morgan fingerprint density at radius 1 is 1.21 bits per heavy atom. The van der Waals surface area contributed by atoms with Crippen molar-refractivity contribution in [3.63, 3.8) is 0 Å². The highest BCUT2D eigenvalue weighted by Gasteiger charge is 2.18. The summed E-state index contributed by atoms with van der Waals surface area (Å²) in [4.78, 5) is 34.7. The smallest absolute Gasteiger partial charge is 0.304 e. The van der Waals surface area contributed by atoms with Gasteiger partial charge in [-0.15, -0.1) is 0 Å². The summed E-state index contributed by atoms with van der Waals surface area (Å²) in [5.74, 6) is -3.11. The first-order chi connectivity index (χ1) is 13.3. The van der Waals surface area contributed by atoms with E-state index >= 15 is 0 Å². The topological polar surface area (TPSA) is 112 Å². The van der Waals surface area contributed by atoms with E-state index in [1.54, 1.807) is 30.3 Å². The average Bonchev–Trinajstić information content (AvgIpc) is 2.66. The quantitative estimate of drug-likeness (QED) is 0.606. The number of carbonyl (C=O) groups excluding carboxylic acids is 1. The van der Waals surface area contributed by atoms with E-state index in [0.717, 1.165) is 0 Å². The van der Waals surface area contributed by atoms with E-state index in [9.17, 15) is 18.8 Å². The molecule has 0 spiro atoms. The van der Waals surface area contributed by atoms with E-state index in [1.807, 2.05) is 0 Å². The third-order valence-electron chi connectivity index (χ3n) is 4.36. The van der Waals surface area contributed by atoms with E-state index in [0.29, 0.717) is 28.5 Å². The summed E-state index contributed by atoms with van der Waals surface area (Å²) in [6.45, 7) is 1.46. The Morgan fingerprint density at radius 3 is 2.64 bits per heavy atom. The number of carbonyl (C=O) groups is 2. The molecule has 1 amide bonds. The molecule has 3 aromatic rings. The fraction of sp³-hybridized carbons (Fsp3) is 0.200. The number of nitrogens with zero attached hydrogens (tertiary/aromatic N) is 1. The van der Waals surface area contributed by atoms with Crippen molar-refractivity contribution in [2.75, 3.05) is 5.32 Å². The minimum Gasteiger partial charge on any atom is -0.481 e. The monoisotopic (exact) mass is 383 g/mol. The summed E-state index contributed by atoms with van der Waals surface area (Å²) >= 11 is 0. The summed E-state index contributed by atoms with van der Waals surface area (Å²) in [6, 6.07) is 11.3. The minimum atomic E-state index is -1.10. The van der Waals surface area contributed by atoms with Gasteiger partial charge in [0, 0.05) is 17.7 Å². The van der Waals surface area contributed by atoms with Gasteiger partial charge in [-0.05, 0) is 23.8 Å². The molecular formula is C20H18FN3O4. The number of benzene rings is 2. The maximum Gasteiger partial charge on any atom is 0.304 e. The van der Waals surface area contributed by atoms with E-state index in [2.05, 4.69) is 15.5 Å². The molecule has 0 aliphatic heterocycles. The molecule has 0 saturated heterocycles. The van der Waals surface area contributed by atoms with Crippen molar-refractivity contribution in [2.45, 2.75) is 19.8 Å². The largest absolute Gasteiger partial charge is 0.481 e. The first-order valence-corrected chi connectivity index (χ1v) is 8.62. The molecular weight excluding hydrogens is 365 g/mol. The summed E-state index contributed by atoms with van der Waals surface area (Å²) in [5, 5.41) is 19.0. The summed E-state index contributed by atoms with van der Waals surface area (Å²) in [7, 11) is 0. The Labute approximate surface area is 159 Å². The highest BCUT2D eigenvalue weighted by molar-refractivity contribution is 5.94. The second-order valence-electron chi connectivity index (χ2n) is 6.52. The lowest BCUT2D eigenvalue weighted by Gasteiger charge is -2.12. The third kappa shape index (κ3) is 4.22. The number of halogens is 1. The zero-order valence-corrected chi connectivity index (χ0v) is 15.0. The van der Waals surface area contributed by atoms with Crippen molar-refractivity contribution in [3.8, 4) is 0 Å². The number of aromatic nitrogens is 2. The molecule has 0 bridgehead atoms. The van der Waals surface area contributed by atoms with Gasteiger partial charge in [0.15, 0.2) is 0 Å². The lowest BCUT2D eigenvalue weighted by Crippen LogP contribution is -2.23. The molecule has 0 fully saturated rings. The lowest BCUT2D eigenvalue weighted by molar-refractivity contribution is -0.139. The summed E-state index contributed by atoms with van der Waals surface area (Å²) in [6.07, 6.45) is -0.0362. The van der Waals surface area contributed by atoms with Gasteiger partial charge in [-0.1, -0.05) is 31.2 Å². The molecule has 3 N–H and O–H groups in total. The molecule has 7 nitrogen and oxygen atoms in total. The Hall–Kier alpha value is -3.55. The van der Waals surface area contributed by atoms with Crippen LogP contribution in [0, 0.1) is 11.7 Å². The van der Waals surface area contributed by atoms with E-state index in [4.69, 9.17) is 5.11 Å². The van der Waals surface area contributed by atoms with Crippen molar-refractivity contribution in [1.29, 1.82) is 0 Å². The molecule has 0 saturated carbocycles. The Morgan fingerprint density at radius 2 is 1.93 bits per heavy atom. The van der Waals surface area contributed by atoms with Crippen LogP contribution in [0.2, 0.25) is 0 Å². The number of nitrogens with one attached hydrogen (secondary N) is 2. The lowest BCUT2D eigenvalue weighted by atomic mass is 10.0. The van der Waals surface area contributed by atoms with Gasteiger partial charge < -0.3 is 10.4 Å². The third-order valence-corrected chi connectivity index (χ3v) is 4.36. The van der Waals surface area contributed by atoms with Gasteiger partial charge in [0.1, 0.15) is 5.82 Å². The zero-order valence-electron chi connectivity index (χ0n) is 15.0. The van der Waals surface area contributed by atoms with Crippen molar-refractivity contribution in [2.24, 2.45) is 5.92 Å². The van der Waals surface area contributed by atoms with Crippen LogP contribution in [0.5, 0.6) is 0 Å². The van der Waals surface area contributed by atoms with E-state index in [-0.39, 0.29) is 17.7 Å². The highest BCUT2D eigenvalue weighted by atomic mass is 19.1. The standard InChI is InChI=1S/C20H18FN3O4/c1-11(8-18(25)26)19(27)22-17-10-12(6-7-15(17)21)9-16-13-4-2-3-5-14(13)20(28)24-23-16/h2-7,10-11H,8-9H2,1H3,(H,22,27)(H,24,28)(H,25,26). The number of hydrogen-bond acceptors (Lipinski definition) is 4. The van der Waals surface area contributed by atoms with Crippen LogP contribution in [-0.4, -0.2) is 27.2 Å². The molecule has 1 atom stereocenters. The summed E-state index contributed by atoms with van der Waals surface area (Å²) in [5.41, 5.74) is 0.956. The average molecular weight is 383 g/mol. The van der Waals surface area contributed by atoms with Crippen LogP contribution < -0.4 is 10.9 Å². The Bertz CT molecular complexity index is 1110. The van der Waals surface area contributed by atoms with Gasteiger partial charge in [0.2, 0.25) is 5.91 Å². The molecule has 0 aliphatic rings. The number of carboxylic acids is 1. The van der Waals surface area contributed by atoms with Gasteiger partial charge in [-0.2, -0.15) is 5.10 Å². The van der Waals surface area contributed by atoms with Crippen molar-refractivity contribution < 1.29 is 19.1 Å². The van der Waals surface area contributed by atoms with E-state index < -0.39 is 23.6 Å². The normalized spacial score (nSPS) is 11.9. The van der Waals surface area contributed by atoms with Crippen LogP contribution in [-0.2, 0) is 16.0 Å². The molecule has 1 heterocycles. The van der Waals surface area contributed by atoms with Crippen LogP contribution >= 0.6 is 0 Å². The van der Waals surface area contributed by atoms with Gasteiger partial charge >= 0.3 is 5.97 Å². The predicted molar refractivity (Wildman–Crippen MR) is 102 cm³/mol. The SMILES string of the molecule is CC(CC(=O)O)C(=O)Nc1cc(Cc2n[nH]c(=O)c3ccccc23)ccc1F. The first kappa shape index (κ1) is 19.2. The van der Waals surface area contributed by atoms with Crippen LogP contribution in [0.3, 0.4) is 0 Å². The molecule has 144 valence electrons. The van der Waals surface area contributed by atoms with Gasteiger partial charge in [0.05, 0.1) is 23.2 Å².